The predicted molar refractivity (Wildman–Crippen MR) is 68.5 cm³/mol. The van der Waals surface area contributed by atoms with Crippen LogP contribution in [0.1, 0.15) is 39.0 Å². The first-order chi connectivity index (χ1) is 7.38. The van der Waals surface area contributed by atoms with Crippen molar-refractivity contribution in [3.8, 4) is 0 Å². The Morgan fingerprint density at radius 3 is 2.93 bits per heavy atom. The maximum absolute atomic E-state index is 9.34. The molecule has 1 saturated heterocycles. The molecule has 0 saturated carbocycles. The van der Waals surface area contributed by atoms with E-state index in [1.165, 1.54) is 56.7 Å². The lowest BCUT2D eigenvalue weighted by molar-refractivity contribution is 0.125. The number of likely N-dealkylation sites (tertiary alicyclic amines) is 1. The Bertz CT molecular complexity index is 155. The van der Waals surface area contributed by atoms with Gasteiger partial charge in [-0.15, -0.1) is 0 Å². The Hall–Kier alpha value is 0.270. The molecule has 0 aliphatic carbocycles. The van der Waals surface area contributed by atoms with Gasteiger partial charge in [-0.3, -0.25) is 4.90 Å². The molecule has 2 nitrogen and oxygen atoms in total. The van der Waals surface area contributed by atoms with Gasteiger partial charge in [0, 0.05) is 6.04 Å². The maximum Gasteiger partial charge on any atom is 0.0586 e. The van der Waals surface area contributed by atoms with E-state index in [4.69, 9.17) is 0 Å². The van der Waals surface area contributed by atoms with Crippen LogP contribution in [0.25, 0.3) is 0 Å². The smallest absolute Gasteiger partial charge is 0.0586 e. The molecule has 0 bridgehead atoms. The zero-order valence-electron chi connectivity index (χ0n) is 9.95. The third kappa shape index (κ3) is 5.23. The average Bonchev–Trinajstić information content (AvgIpc) is 2.49. The standard InChI is InChI=1S/C12H25NOS/c1-2-15-10-6-9-13-8-5-3-4-7-12(13)11-14/h12,14H,2-11H2,1H3. The number of aliphatic hydroxyl groups excluding tert-OH is 1. The molecule has 0 aromatic carbocycles. The lowest BCUT2D eigenvalue weighted by Crippen LogP contribution is -2.38. The number of thioether (sulfide) groups is 1. The Balaban J connectivity index is 2.22. The zero-order chi connectivity index (χ0) is 10.9. The summed E-state index contributed by atoms with van der Waals surface area (Å²) in [4.78, 5) is 2.50. The Kier molecular flexibility index (Phi) is 7.49. The molecule has 0 aromatic rings. The molecular formula is C12H25NOS. The quantitative estimate of drug-likeness (QED) is 0.710. The minimum atomic E-state index is 0.348. The number of nitrogens with zero attached hydrogens (tertiary/aromatic N) is 1. The molecule has 1 atom stereocenters. The normalized spacial score (nSPS) is 24.0. The molecular weight excluding hydrogens is 206 g/mol. The summed E-state index contributed by atoms with van der Waals surface area (Å²) in [6.45, 7) is 4.94. The van der Waals surface area contributed by atoms with Crippen molar-refractivity contribution in [2.45, 2.75) is 45.1 Å². The summed E-state index contributed by atoms with van der Waals surface area (Å²) in [6.07, 6.45) is 6.42. The topological polar surface area (TPSA) is 23.5 Å². The van der Waals surface area contributed by atoms with E-state index in [0.717, 1.165) is 0 Å². The number of rotatable bonds is 6. The van der Waals surface area contributed by atoms with Gasteiger partial charge >= 0.3 is 0 Å². The summed E-state index contributed by atoms with van der Waals surface area (Å²) in [6, 6.07) is 0.444. The van der Waals surface area contributed by atoms with Crippen LogP contribution in [0, 0.1) is 0 Å². The van der Waals surface area contributed by atoms with Gasteiger partial charge in [0.05, 0.1) is 6.61 Å². The van der Waals surface area contributed by atoms with Crippen LogP contribution in [-0.4, -0.2) is 47.3 Å². The van der Waals surface area contributed by atoms with E-state index in [1.54, 1.807) is 0 Å². The van der Waals surface area contributed by atoms with E-state index in [9.17, 15) is 5.11 Å². The second-order valence-electron chi connectivity index (χ2n) is 4.27. The number of hydrogen-bond acceptors (Lipinski definition) is 3. The van der Waals surface area contributed by atoms with Gasteiger partial charge in [-0.2, -0.15) is 11.8 Å². The van der Waals surface area contributed by atoms with Crippen LogP contribution >= 0.6 is 11.8 Å². The van der Waals surface area contributed by atoms with Crippen LogP contribution in [0.2, 0.25) is 0 Å². The van der Waals surface area contributed by atoms with Gasteiger partial charge in [0.1, 0.15) is 0 Å². The van der Waals surface area contributed by atoms with Crippen molar-refractivity contribution < 1.29 is 5.11 Å². The average molecular weight is 231 g/mol. The lowest BCUT2D eigenvalue weighted by Gasteiger charge is -2.28. The largest absolute Gasteiger partial charge is 0.395 e. The monoisotopic (exact) mass is 231 g/mol. The summed E-state index contributed by atoms with van der Waals surface area (Å²) in [7, 11) is 0. The fraction of sp³-hybridized carbons (Fsp3) is 1.00. The van der Waals surface area contributed by atoms with E-state index in [0.29, 0.717) is 12.6 Å². The zero-order valence-corrected chi connectivity index (χ0v) is 10.8. The van der Waals surface area contributed by atoms with Gasteiger partial charge in [-0.05, 0) is 43.9 Å². The van der Waals surface area contributed by atoms with Crippen molar-refractivity contribution in [1.82, 2.24) is 4.90 Å². The highest BCUT2D eigenvalue weighted by atomic mass is 32.2. The van der Waals surface area contributed by atoms with Gasteiger partial charge < -0.3 is 5.11 Å². The van der Waals surface area contributed by atoms with Crippen LogP contribution in [-0.2, 0) is 0 Å². The number of aliphatic hydroxyl groups is 1. The minimum Gasteiger partial charge on any atom is -0.395 e. The molecule has 1 heterocycles. The van der Waals surface area contributed by atoms with Gasteiger partial charge in [-0.25, -0.2) is 0 Å². The van der Waals surface area contributed by atoms with Crippen molar-refractivity contribution in [2.75, 3.05) is 31.2 Å². The second kappa shape index (κ2) is 8.43. The molecule has 3 heteroatoms. The third-order valence-corrected chi connectivity index (χ3v) is 4.13. The van der Waals surface area contributed by atoms with Crippen molar-refractivity contribution in [1.29, 1.82) is 0 Å². The van der Waals surface area contributed by atoms with Crippen molar-refractivity contribution in [2.24, 2.45) is 0 Å². The Morgan fingerprint density at radius 1 is 1.33 bits per heavy atom. The van der Waals surface area contributed by atoms with E-state index < -0.39 is 0 Å². The Morgan fingerprint density at radius 2 is 2.20 bits per heavy atom. The third-order valence-electron chi connectivity index (χ3n) is 3.15. The lowest BCUT2D eigenvalue weighted by atomic mass is 10.1. The highest BCUT2D eigenvalue weighted by Gasteiger charge is 2.19. The molecule has 15 heavy (non-hydrogen) atoms. The molecule has 0 radical (unpaired) electrons. The summed E-state index contributed by atoms with van der Waals surface area (Å²) in [5.41, 5.74) is 0. The van der Waals surface area contributed by atoms with Crippen LogP contribution in [0.4, 0.5) is 0 Å². The molecule has 1 N–H and O–H groups in total. The molecule has 0 amide bonds. The molecule has 1 fully saturated rings. The van der Waals surface area contributed by atoms with Gasteiger partial charge in [0.2, 0.25) is 0 Å². The molecule has 1 aliphatic rings. The summed E-state index contributed by atoms with van der Waals surface area (Å²) in [5, 5.41) is 9.34. The molecule has 1 aliphatic heterocycles. The van der Waals surface area contributed by atoms with E-state index in [-0.39, 0.29) is 0 Å². The first-order valence-corrected chi connectivity index (χ1v) is 7.46. The van der Waals surface area contributed by atoms with E-state index in [1.807, 2.05) is 11.8 Å². The first kappa shape index (κ1) is 13.3. The summed E-state index contributed by atoms with van der Waals surface area (Å²) in [5.74, 6) is 2.49. The predicted octanol–water partition coefficient (Wildman–Crippen LogP) is 2.37. The summed E-state index contributed by atoms with van der Waals surface area (Å²) >= 11 is 2.02. The van der Waals surface area contributed by atoms with Crippen molar-refractivity contribution >= 4 is 11.8 Å². The number of hydrogen-bond donors (Lipinski definition) is 1. The van der Waals surface area contributed by atoms with Crippen LogP contribution in [0.15, 0.2) is 0 Å². The van der Waals surface area contributed by atoms with Gasteiger partial charge in [-0.1, -0.05) is 19.8 Å². The van der Waals surface area contributed by atoms with Gasteiger partial charge in [0.15, 0.2) is 0 Å². The Labute approximate surface area is 98.4 Å². The molecule has 1 unspecified atom stereocenters. The molecule has 0 aromatic heterocycles. The van der Waals surface area contributed by atoms with Crippen LogP contribution < -0.4 is 0 Å². The van der Waals surface area contributed by atoms with E-state index in [2.05, 4.69) is 11.8 Å². The SMILES string of the molecule is CCSCCCN1CCCCCC1CO. The molecule has 1 rings (SSSR count). The highest BCUT2D eigenvalue weighted by molar-refractivity contribution is 7.99. The molecule has 0 spiro atoms. The van der Waals surface area contributed by atoms with E-state index >= 15 is 0 Å². The van der Waals surface area contributed by atoms with Crippen molar-refractivity contribution in [3.63, 3.8) is 0 Å². The minimum absolute atomic E-state index is 0.348. The van der Waals surface area contributed by atoms with Crippen LogP contribution in [0.5, 0.6) is 0 Å². The molecule has 90 valence electrons. The van der Waals surface area contributed by atoms with Crippen molar-refractivity contribution in [3.05, 3.63) is 0 Å². The van der Waals surface area contributed by atoms with Crippen LogP contribution in [0.3, 0.4) is 0 Å². The van der Waals surface area contributed by atoms with Gasteiger partial charge in [0.25, 0.3) is 0 Å². The second-order valence-corrected chi connectivity index (χ2v) is 5.67. The maximum atomic E-state index is 9.34. The summed E-state index contributed by atoms with van der Waals surface area (Å²) < 4.78 is 0. The first-order valence-electron chi connectivity index (χ1n) is 6.31. The fourth-order valence-electron chi connectivity index (χ4n) is 2.25. The fourth-order valence-corrected chi connectivity index (χ4v) is 2.87. The highest BCUT2D eigenvalue weighted by Crippen LogP contribution is 2.17.